The number of halogens is 1. The summed E-state index contributed by atoms with van der Waals surface area (Å²) in [5, 5.41) is 4.17. The van der Waals surface area contributed by atoms with Crippen molar-refractivity contribution in [2.45, 2.75) is 25.5 Å². The molecule has 0 N–H and O–H groups in total. The summed E-state index contributed by atoms with van der Waals surface area (Å²) in [6.07, 6.45) is 6.50. The summed E-state index contributed by atoms with van der Waals surface area (Å²) >= 11 is 3.36. The van der Waals surface area contributed by atoms with E-state index in [1.54, 1.807) is 6.20 Å². The van der Waals surface area contributed by atoms with Gasteiger partial charge in [-0.15, -0.1) is 0 Å². The molecule has 4 heteroatoms. The molecule has 1 aromatic heterocycles. The summed E-state index contributed by atoms with van der Waals surface area (Å²) in [6, 6.07) is 0. The van der Waals surface area contributed by atoms with Crippen LogP contribution in [0.4, 0.5) is 0 Å². The van der Waals surface area contributed by atoms with Crippen LogP contribution in [0.3, 0.4) is 0 Å². The Morgan fingerprint density at radius 2 is 2.67 bits per heavy atom. The zero-order chi connectivity index (χ0) is 8.39. The molecule has 1 aliphatic rings. The molecule has 0 radical (unpaired) electrons. The average Bonchev–Trinajstić information content (AvgIpc) is 2.63. The van der Waals surface area contributed by atoms with Crippen molar-refractivity contribution in [2.75, 3.05) is 6.61 Å². The van der Waals surface area contributed by atoms with Crippen LogP contribution in [-0.4, -0.2) is 22.5 Å². The summed E-state index contributed by atoms with van der Waals surface area (Å²) in [6.45, 7) is 1.79. The summed E-state index contributed by atoms with van der Waals surface area (Å²) < 4.78 is 8.43. The van der Waals surface area contributed by atoms with E-state index in [2.05, 4.69) is 21.0 Å². The smallest absolute Gasteiger partial charge is 0.0771 e. The Balaban J connectivity index is 1.94. The molecule has 3 nitrogen and oxygen atoms in total. The molecule has 0 aromatic carbocycles. The predicted octanol–water partition coefficient (Wildman–Crippen LogP) is 1.82. The molecule has 1 aliphatic heterocycles. The van der Waals surface area contributed by atoms with E-state index in [0.717, 1.165) is 24.0 Å². The standard InChI is InChI=1S/C8H11BrN2O/c9-7-4-10-11(5-7)6-8-2-1-3-12-8/h4-5,8H,1-3,6H2. The van der Waals surface area contributed by atoms with Crippen molar-refractivity contribution >= 4 is 15.9 Å². The third kappa shape index (κ3) is 1.87. The molecule has 12 heavy (non-hydrogen) atoms. The summed E-state index contributed by atoms with van der Waals surface area (Å²) in [7, 11) is 0. The van der Waals surface area contributed by atoms with Gasteiger partial charge in [-0.2, -0.15) is 5.10 Å². The van der Waals surface area contributed by atoms with Gasteiger partial charge in [0.15, 0.2) is 0 Å². The van der Waals surface area contributed by atoms with Gasteiger partial charge in [-0.05, 0) is 28.8 Å². The second kappa shape index (κ2) is 3.58. The largest absolute Gasteiger partial charge is 0.376 e. The van der Waals surface area contributed by atoms with Crippen LogP contribution in [0.5, 0.6) is 0 Å². The second-order valence-electron chi connectivity index (χ2n) is 3.02. The molecule has 1 saturated heterocycles. The normalized spacial score (nSPS) is 23.2. The maximum atomic E-state index is 5.49. The van der Waals surface area contributed by atoms with Crippen LogP contribution in [0.1, 0.15) is 12.8 Å². The van der Waals surface area contributed by atoms with E-state index >= 15 is 0 Å². The molecule has 1 fully saturated rings. The first kappa shape index (κ1) is 8.26. The lowest BCUT2D eigenvalue weighted by Crippen LogP contribution is -2.14. The number of hydrogen-bond donors (Lipinski definition) is 0. The Bertz CT molecular complexity index is 255. The first-order chi connectivity index (χ1) is 5.84. The zero-order valence-corrected chi connectivity index (χ0v) is 8.33. The first-order valence-electron chi connectivity index (χ1n) is 4.14. The lowest BCUT2D eigenvalue weighted by molar-refractivity contribution is 0.0940. The highest BCUT2D eigenvalue weighted by atomic mass is 79.9. The van der Waals surface area contributed by atoms with Crippen molar-refractivity contribution in [3.63, 3.8) is 0 Å². The number of ether oxygens (including phenoxy) is 1. The quantitative estimate of drug-likeness (QED) is 0.776. The van der Waals surface area contributed by atoms with Crippen LogP contribution in [-0.2, 0) is 11.3 Å². The Morgan fingerprint density at radius 3 is 3.25 bits per heavy atom. The van der Waals surface area contributed by atoms with Crippen molar-refractivity contribution in [1.29, 1.82) is 0 Å². The predicted molar refractivity (Wildman–Crippen MR) is 48.9 cm³/mol. The van der Waals surface area contributed by atoms with E-state index in [1.165, 1.54) is 6.42 Å². The molecule has 1 aromatic rings. The maximum absolute atomic E-state index is 5.49. The van der Waals surface area contributed by atoms with Crippen LogP contribution >= 0.6 is 15.9 Å². The van der Waals surface area contributed by atoms with Gasteiger partial charge in [0.05, 0.1) is 23.3 Å². The average molecular weight is 231 g/mol. The number of rotatable bonds is 2. The van der Waals surface area contributed by atoms with E-state index in [0.29, 0.717) is 6.10 Å². The van der Waals surface area contributed by atoms with Crippen molar-refractivity contribution < 1.29 is 4.74 Å². The summed E-state index contributed by atoms with van der Waals surface area (Å²) in [5.41, 5.74) is 0. The second-order valence-corrected chi connectivity index (χ2v) is 3.93. The highest BCUT2D eigenvalue weighted by Crippen LogP contribution is 2.14. The van der Waals surface area contributed by atoms with Gasteiger partial charge in [-0.25, -0.2) is 0 Å². The maximum Gasteiger partial charge on any atom is 0.0771 e. The molecule has 1 atom stereocenters. The Hall–Kier alpha value is -0.350. The number of aromatic nitrogens is 2. The number of nitrogens with zero attached hydrogens (tertiary/aromatic N) is 2. The van der Waals surface area contributed by atoms with Crippen LogP contribution < -0.4 is 0 Å². The molecule has 66 valence electrons. The van der Waals surface area contributed by atoms with Crippen LogP contribution in [0.25, 0.3) is 0 Å². The monoisotopic (exact) mass is 230 g/mol. The van der Waals surface area contributed by atoms with Crippen molar-refractivity contribution in [3.8, 4) is 0 Å². The van der Waals surface area contributed by atoms with Gasteiger partial charge in [-0.3, -0.25) is 4.68 Å². The minimum absolute atomic E-state index is 0.372. The number of hydrogen-bond acceptors (Lipinski definition) is 2. The van der Waals surface area contributed by atoms with E-state index in [9.17, 15) is 0 Å². The molecule has 0 saturated carbocycles. The van der Waals surface area contributed by atoms with Crippen molar-refractivity contribution in [3.05, 3.63) is 16.9 Å². The molecule has 2 rings (SSSR count). The highest BCUT2D eigenvalue weighted by molar-refractivity contribution is 9.10. The molecule has 0 bridgehead atoms. The molecule has 0 aliphatic carbocycles. The first-order valence-corrected chi connectivity index (χ1v) is 4.93. The Morgan fingerprint density at radius 1 is 1.75 bits per heavy atom. The van der Waals surface area contributed by atoms with Gasteiger partial charge in [0.25, 0.3) is 0 Å². The van der Waals surface area contributed by atoms with E-state index in [1.807, 2.05) is 10.9 Å². The van der Waals surface area contributed by atoms with Gasteiger partial charge >= 0.3 is 0 Å². The van der Waals surface area contributed by atoms with Crippen molar-refractivity contribution in [1.82, 2.24) is 9.78 Å². The minimum atomic E-state index is 0.372. The minimum Gasteiger partial charge on any atom is -0.376 e. The lowest BCUT2D eigenvalue weighted by atomic mass is 10.2. The fourth-order valence-electron chi connectivity index (χ4n) is 1.44. The molecule has 1 unspecified atom stereocenters. The topological polar surface area (TPSA) is 27.1 Å². The van der Waals surface area contributed by atoms with Crippen molar-refractivity contribution in [2.24, 2.45) is 0 Å². The molecule has 0 amide bonds. The highest BCUT2D eigenvalue weighted by Gasteiger charge is 2.15. The Kier molecular flexibility index (Phi) is 2.46. The van der Waals surface area contributed by atoms with Gasteiger partial charge in [0.2, 0.25) is 0 Å². The summed E-state index contributed by atoms with van der Waals surface area (Å²) in [5.74, 6) is 0. The van der Waals surface area contributed by atoms with Crippen LogP contribution in [0, 0.1) is 0 Å². The fourth-order valence-corrected chi connectivity index (χ4v) is 1.76. The van der Waals surface area contributed by atoms with Gasteiger partial charge < -0.3 is 4.74 Å². The molecular weight excluding hydrogens is 220 g/mol. The Labute approximate surface area is 79.8 Å². The fraction of sp³-hybridized carbons (Fsp3) is 0.625. The van der Waals surface area contributed by atoms with Gasteiger partial charge in [0, 0.05) is 12.8 Å². The van der Waals surface area contributed by atoms with Crippen LogP contribution in [0.15, 0.2) is 16.9 Å². The SMILES string of the molecule is Brc1cnn(CC2CCCO2)c1. The molecule has 2 heterocycles. The third-order valence-corrected chi connectivity index (χ3v) is 2.43. The molecular formula is C8H11BrN2O. The summed E-state index contributed by atoms with van der Waals surface area (Å²) in [4.78, 5) is 0. The zero-order valence-electron chi connectivity index (χ0n) is 6.74. The van der Waals surface area contributed by atoms with Gasteiger partial charge in [-0.1, -0.05) is 0 Å². The molecule has 0 spiro atoms. The van der Waals surface area contributed by atoms with E-state index in [-0.39, 0.29) is 0 Å². The lowest BCUT2D eigenvalue weighted by Gasteiger charge is -2.08. The van der Waals surface area contributed by atoms with E-state index in [4.69, 9.17) is 4.74 Å². The van der Waals surface area contributed by atoms with Crippen LogP contribution in [0.2, 0.25) is 0 Å². The van der Waals surface area contributed by atoms with Gasteiger partial charge in [0.1, 0.15) is 0 Å². The van der Waals surface area contributed by atoms with E-state index < -0.39 is 0 Å². The third-order valence-electron chi connectivity index (χ3n) is 2.02.